The van der Waals surface area contributed by atoms with Crippen molar-refractivity contribution in [2.24, 2.45) is 5.92 Å². The molecule has 1 aromatic carbocycles. The van der Waals surface area contributed by atoms with E-state index in [1.807, 2.05) is 0 Å². The van der Waals surface area contributed by atoms with Gasteiger partial charge in [0.25, 0.3) is 0 Å². The highest BCUT2D eigenvalue weighted by Crippen LogP contribution is 2.16. The maximum atomic E-state index is 13.5. The monoisotopic (exact) mass is 261 g/mol. The van der Waals surface area contributed by atoms with Gasteiger partial charge in [-0.25, -0.2) is 4.39 Å². The SMILES string of the molecule is CC(C)CNc1cnnc(Nc2ccccc2F)n1. The lowest BCUT2D eigenvalue weighted by Gasteiger charge is -2.09. The Kier molecular flexibility index (Phi) is 4.22. The standard InChI is InChI=1S/C13H16FN5/c1-9(2)7-15-12-8-16-19-13(18-12)17-11-6-4-3-5-10(11)14/h3-6,8-9H,7H2,1-2H3,(H2,15,17,18,19). The highest BCUT2D eigenvalue weighted by molar-refractivity contribution is 5.54. The number of benzene rings is 1. The number of para-hydroxylation sites is 1. The van der Waals surface area contributed by atoms with Gasteiger partial charge in [-0.15, -0.1) is 5.10 Å². The molecule has 0 aliphatic carbocycles. The molecular formula is C13H16FN5. The van der Waals surface area contributed by atoms with E-state index in [2.05, 4.69) is 39.7 Å². The maximum Gasteiger partial charge on any atom is 0.249 e. The van der Waals surface area contributed by atoms with E-state index >= 15 is 0 Å². The molecule has 0 saturated heterocycles. The van der Waals surface area contributed by atoms with Crippen molar-refractivity contribution < 1.29 is 4.39 Å². The summed E-state index contributed by atoms with van der Waals surface area (Å²) in [5.41, 5.74) is 0.324. The second kappa shape index (κ2) is 6.08. The summed E-state index contributed by atoms with van der Waals surface area (Å²) in [6.45, 7) is 4.98. The minimum Gasteiger partial charge on any atom is -0.368 e. The Balaban J connectivity index is 2.09. The fraction of sp³-hybridized carbons (Fsp3) is 0.308. The van der Waals surface area contributed by atoms with Gasteiger partial charge < -0.3 is 10.6 Å². The smallest absolute Gasteiger partial charge is 0.249 e. The quantitative estimate of drug-likeness (QED) is 0.866. The molecule has 5 nitrogen and oxygen atoms in total. The van der Waals surface area contributed by atoms with E-state index in [4.69, 9.17) is 0 Å². The van der Waals surface area contributed by atoms with Crippen molar-refractivity contribution >= 4 is 17.5 Å². The Morgan fingerprint density at radius 2 is 2.05 bits per heavy atom. The first-order valence-electron chi connectivity index (χ1n) is 6.10. The minimum absolute atomic E-state index is 0.263. The molecule has 0 amide bonds. The lowest BCUT2D eigenvalue weighted by molar-refractivity contribution is 0.631. The highest BCUT2D eigenvalue weighted by atomic mass is 19.1. The molecular weight excluding hydrogens is 245 g/mol. The van der Waals surface area contributed by atoms with Crippen molar-refractivity contribution in [1.29, 1.82) is 0 Å². The van der Waals surface area contributed by atoms with Crippen LogP contribution in [0.3, 0.4) is 0 Å². The number of aromatic nitrogens is 3. The van der Waals surface area contributed by atoms with Crippen LogP contribution in [0.15, 0.2) is 30.5 Å². The van der Waals surface area contributed by atoms with E-state index in [1.165, 1.54) is 12.3 Å². The largest absolute Gasteiger partial charge is 0.368 e. The summed E-state index contributed by atoms with van der Waals surface area (Å²) in [4.78, 5) is 4.22. The molecule has 6 heteroatoms. The fourth-order valence-electron chi connectivity index (χ4n) is 1.43. The van der Waals surface area contributed by atoms with E-state index in [0.29, 0.717) is 17.4 Å². The zero-order valence-corrected chi connectivity index (χ0v) is 10.9. The van der Waals surface area contributed by atoms with Crippen molar-refractivity contribution in [2.45, 2.75) is 13.8 Å². The lowest BCUT2D eigenvalue weighted by Crippen LogP contribution is -2.11. The average Bonchev–Trinajstić information content (AvgIpc) is 2.40. The van der Waals surface area contributed by atoms with Crippen LogP contribution in [0, 0.1) is 11.7 Å². The van der Waals surface area contributed by atoms with Gasteiger partial charge in [0.2, 0.25) is 5.95 Å². The number of nitrogens with zero attached hydrogens (tertiary/aromatic N) is 3. The van der Waals surface area contributed by atoms with Gasteiger partial charge in [-0.3, -0.25) is 0 Å². The molecule has 2 rings (SSSR count). The highest BCUT2D eigenvalue weighted by Gasteiger charge is 2.05. The predicted molar refractivity (Wildman–Crippen MR) is 72.8 cm³/mol. The second-order valence-corrected chi connectivity index (χ2v) is 4.54. The van der Waals surface area contributed by atoms with Crippen molar-refractivity contribution in [3.05, 3.63) is 36.3 Å². The molecule has 19 heavy (non-hydrogen) atoms. The van der Waals surface area contributed by atoms with Crippen molar-refractivity contribution in [2.75, 3.05) is 17.2 Å². The number of hydrogen-bond acceptors (Lipinski definition) is 5. The molecule has 0 radical (unpaired) electrons. The first-order valence-corrected chi connectivity index (χ1v) is 6.10. The topological polar surface area (TPSA) is 62.7 Å². The Morgan fingerprint density at radius 1 is 1.26 bits per heavy atom. The van der Waals surface area contributed by atoms with Crippen LogP contribution in [0.2, 0.25) is 0 Å². The summed E-state index contributed by atoms with van der Waals surface area (Å²) in [6, 6.07) is 6.35. The lowest BCUT2D eigenvalue weighted by atomic mass is 10.2. The Hall–Kier alpha value is -2.24. The van der Waals surface area contributed by atoms with E-state index < -0.39 is 0 Å². The summed E-state index contributed by atoms with van der Waals surface area (Å²) in [5, 5.41) is 13.6. The Bertz CT molecular complexity index is 544. The van der Waals surface area contributed by atoms with Gasteiger partial charge in [0.1, 0.15) is 5.82 Å². The average molecular weight is 261 g/mol. The zero-order chi connectivity index (χ0) is 13.7. The van der Waals surface area contributed by atoms with Crippen LogP contribution in [0.25, 0.3) is 0 Å². The van der Waals surface area contributed by atoms with Gasteiger partial charge in [-0.1, -0.05) is 26.0 Å². The number of hydrogen-bond donors (Lipinski definition) is 2. The van der Waals surface area contributed by atoms with Gasteiger partial charge >= 0.3 is 0 Å². The van der Waals surface area contributed by atoms with Gasteiger partial charge in [0.05, 0.1) is 11.9 Å². The van der Waals surface area contributed by atoms with Crippen LogP contribution >= 0.6 is 0 Å². The molecule has 0 saturated carbocycles. The first-order chi connectivity index (χ1) is 9.15. The van der Waals surface area contributed by atoms with Gasteiger partial charge in [-0.05, 0) is 18.1 Å². The molecule has 0 fully saturated rings. The second-order valence-electron chi connectivity index (χ2n) is 4.54. The Labute approximate surface area is 111 Å². The van der Waals surface area contributed by atoms with Crippen LogP contribution in [-0.4, -0.2) is 21.7 Å². The van der Waals surface area contributed by atoms with Crippen molar-refractivity contribution in [3.63, 3.8) is 0 Å². The summed E-state index contributed by atoms with van der Waals surface area (Å²) < 4.78 is 13.5. The molecule has 0 spiro atoms. The molecule has 0 aliphatic heterocycles. The summed E-state index contributed by atoms with van der Waals surface area (Å²) in [7, 11) is 0. The van der Waals surface area contributed by atoms with E-state index in [0.717, 1.165) is 6.54 Å². The maximum absolute atomic E-state index is 13.5. The van der Waals surface area contributed by atoms with Gasteiger partial charge in [-0.2, -0.15) is 10.1 Å². The molecule has 0 bridgehead atoms. The number of halogens is 1. The van der Waals surface area contributed by atoms with Crippen LogP contribution in [-0.2, 0) is 0 Å². The van der Waals surface area contributed by atoms with Gasteiger partial charge in [0, 0.05) is 6.54 Å². The minimum atomic E-state index is -0.355. The predicted octanol–water partition coefficient (Wildman–Crippen LogP) is 2.82. The number of rotatable bonds is 5. The molecule has 0 aliphatic rings. The number of anilines is 3. The van der Waals surface area contributed by atoms with E-state index in [1.54, 1.807) is 18.2 Å². The molecule has 1 aromatic heterocycles. The molecule has 2 aromatic rings. The summed E-state index contributed by atoms with van der Waals surface area (Å²) >= 11 is 0. The van der Waals surface area contributed by atoms with Crippen molar-refractivity contribution in [1.82, 2.24) is 15.2 Å². The molecule has 2 N–H and O–H groups in total. The molecule has 0 unspecified atom stereocenters. The number of nitrogens with one attached hydrogen (secondary N) is 2. The molecule has 100 valence electrons. The van der Waals surface area contributed by atoms with Gasteiger partial charge in [0.15, 0.2) is 5.82 Å². The third-order valence-electron chi connectivity index (χ3n) is 2.37. The molecule has 0 atom stereocenters. The summed E-state index contributed by atoms with van der Waals surface area (Å²) in [5.74, 6) is 1.02. The van der Waals surface area contributed by atoms with E-state index in [-0.39, 0.29) is 11.8 Å². The van der Waals surface area contributed by atoms with Crippen LogP contribution in [0.4, 0.5) is 21.8 Å². The zero-order valence-electron chi connectivity index (χ0n) is 10.9. The normalized spacial score (nSPS) is 10.5. The van der Waals surface area contributed by atoms with Crippen molar-refractivity contribution in [3.8, 4) is 0 Å². The van der Waals surface area contributed by atoms with Crippen LogP contribution in [0.1, 0.15) is 13.8 Å². The Morgan fingerprint density at radius 3 is 2.79 bits per heavy atom. The summed E-state index contributed by atoms with van der Waals surface area (Å²) in [6.07, 6.45) is 1.54. The third-order valence-corrected chi connectivity index (χ3v) is 2.37. The van der Waals surface area contributed by atoms with Crippen LogP contribution in [0.5, 0.6) is 0 Å². The first kappa shape index (κ1) is 13.2. The van der Waals surface area contributed by atoms with Crippen LogP contribution < -0.4 is 10.6 Å². The molecule has 1 heterocycles. The fourth-order valence-corrected chi connectivity index (χ4v) is 1.43. The van der Waals surface area contributed by atoms with E-state index in [9.17, 15) is 4.39 Å². The third kappa shape index (κ3) is 3.87.